The minimum atomic E-state index is -3.51. The molecule has 4 nitrogen and oxygen atoms in total. The lowest BCUT2D eigenvalue weighted by atomic mass is 9.82. The fourth-order valence-electron chi connectivity index (χ4n) is 1.77. The van der Waals surface area contributed by atoms with Gasteiger partial charge in [0, 0.05) is 10.9 Å². The van der Waals surface area contributed by atoms with E-state index in [0.717, 1.165) is 5.56 Å². The fraction of sp³-hybridized carbons (Fsp3) is 0.571. The normalized spacial score (nSPS) is 14.2. The molecule has 0 radical (unpaired) electrons. The largest absolute Gasteiger partial charge is 0.376 e. The van der Waals surface area contributed by atoms with E-state index >= 15 is 0 Å². The van der Waals surface area contributed by atoms with Gasteiger partial charge >= 0.3 is 0 Å². The van der Waals surface area contributed by atoms with Crippen LogP contribution >= 0.6 is 11.6 Å². The Hall–Kier alpha value is -0.620. The van der Waals surface area contributed by atoms with E-state index in [-0.39, 0.29) is 17.1 Å². The standard InChI is InChI=1S/C14H22ClNO3S/c1-14(2,3)12(10-20(16,17)18)9-19-8-11-5-4-6-13(15)7-11/h4-7,12H,8-10H2,1-3H3,(H2,16,17,18). The summed E-state index contributed by atoms with van der Waals surface area (Å²) in [5.41, 5.74) is 0.765. The van der Waals surface area contributed by atoms with Crippen LogP contribution in [0.15, 0.2) is 24.3 Å². The lowest BCUT2D eigenvalue weighted by molar-refractivity contribution is 0.0552. The van der Waals surface area contributed by atoms with Gasteiger partial charge in [-0.05, 0) is 23.1 Å². The van der Waals surface area contributed by atoms with E-state index in [0.29, 0.717) is 18.2 Å². The van der Waals surface area contributed by atoms with Gasteiger partial charge in [0.05, 0.1) is 19.0 Å². The minimum absolute atomic E-state index is 0.0773. The van der Waals surface area contributed by atoms with E-state index in [9.17, 15) is 8.42 Å². The molecule has 0 heterocycles. The minimum Gasteiger partial charge on any atom is -0.376 e. The molecule has 0 saturated heterocycles. The number of rotatable bonds is 6. The van der Waals surface area contributed by atoms with Crippen molar-refractivity contribution < 1.29 is 13.2 Å². The van der Waals surface area contributed by atoms with Crippen molar-refractivity contribution in [3.05, 3.63) is 34.9 Å². The molecule has 0 spiro atoms. The highest BCUT2D eigenvalue weighted by Gasteiger charge is 2.28. The zero-order valence-electron chi connectivity index (χ0n) is 12.1. The zero-order chi connectivity index (χ0) is 15.4. The van der Waals surface area contributed by atoms with Crippen LogP contribution in [0.4, 0.5) is 0 Å². The summed E-state index contributed by atoms with van der Waals surface area (Å²) in [5, 5.41) is 5.79. The van der Waals surface area contributed by atoms with Gasteiger partial charge in [0.2, 0.25) is 10.0 Å². The molecule has 6 heteroatoms. The molecule has 0 aliphatic heterocycles. The third-order valence-corrected chi connectivity index (χ3v) is 4.24. The summed E-state index contributed by atoms with van der Waals surface area (Å²) in [5.74, 6) is -0.233. The van der Waals surface area contributed by atoms with E-state index in [2.05, 4.69) is 0 Å². The van der Waals surface area contributed by atoms with Gasteiger partial charge in [0.25, 0.3) is 0 Å². The smallest absolute Gasteiger partial charge is 0.209 e. The third-order valence-electron chi connectivity index (χ3n) is 3.14. The van der Waals surface area contributed by atoms with Crippen LogP contribution in [-0.2, 0) is 21.4 Å². The van der Waals surface area contributed by atoms with Gasteiger partial charge in [0.15, 0.2) is 0 Å². The number of sulfonamides is 1. The number of primary sulfonamides is 1. The summed E-state index contributed by atoms with van der Waals surface area (Å²) in [6.07, 6.45) is 0. The number of nitrogens with two attached hydrogens (primary N) is 1. The van der Waals surface area contributed by atoms with Crippen molar-refractivity contribution in [1.82, 2.24) is 0 Å². The van der Waals surface area contributed by atoms with E-state index in [1.54, 1.807) is 6.07 Å². The maximum atomic E-state index is 11.3. The van der Waals surface area contributed by atoms with E-state index in [1.165, 1.54) is 0 Å². The first-order valence-corrected chi connectivity index (χ1v) is 8.50. The molecular weight excluding hydrogens is 298 g/mol. The second-order valence-electron chi connectivity index (χ2n) is 6.04. The second-order valence-corrected chi connectivity index (χ2v) is 8.13. The highest BCUT2D eigenvalue weighted by molar-refractivity contribution is 7.89. The Morgan fingerprint density at radius 1 is 1.35 bits per heavy atom. The Bertz CT molecular complexity index is 538. The van der Waals surface area contributed by atoms with Crippen molar-refractivity contribution >= 4 is 21.6 Å². The number of hydrogen-bond donors (Lipinski definition) is 1. The molecule has 0 saturated carbocycles. The van der Waals surface area contributed by atoms with Crippen molar-refractivity contribution in [3.63, 3.8) is 0 Å². The summed E-state index contributed by atoms with van der Waals surface area (Å²) < 4.78 is 28.2. The molecule has 1 unspecified atom stereocenters. The summed E-state index contributed by atoms with van der Waals surface area (Å²) in [6, 6.07) is 7.39. The van der Waals surface area contributed by atoms with Crippen molar-refractivity contribution in [3.8, 4) is 0 Å². The van der Waals surface area contributed by atoms with Gasteiger partial charge in [-0.15, -0.1) is 0 Å². The van der Waals surface area contributed by atoms with Gasteiger partial charge in [-0.1, -0.05) is 44.5 Å². The third kappa shape index (κ3) is 6.70. The van der Waals surface area contributed by atoms with Crippen molar-refractivity contribution in [2.45, 2.75) is 27.4 Å². The number of halogens is 1. The van der Waals surface area contributed by atoms with Crippen molar-refractivity contribution in [1.29, 1.82) is 0 Å². The highest BCUT2D eigenvalue weighted by atomic mass is 35.5. The Labute approximate surface area is 126 Å². The van der Waals surface area contributed by atoms with Crippen LogP contribution in [0.25, 0.3) is 0 Å². The molecule has 0 bridgehead atoms. The molecular formula is C14H22ClNO3S. The molecule has 0 amide bonds. The van der Waals surface area contributed by atoms with Crippen molar-refractivity contribution in [2.24, 2.45) is 16.5 Å². The molecule has 114 valence electrons. The van der Waals surface area contributed by atoms with Crippen LogP contribution in [0.1, 0.15) is 26.3 Å². The van der Waals surface area contributed by atoms with Crippen LogP contribution in [0.5, 0.6) is 0 Å². The molecule has 1 rings (SSSR count). The summed E-state index contributed by atoms with van der Waals surface area (Å²) in [6.45, 7) is 6.67. The van der Waals surface area contributed by atoms with E-state index in [1.807, 2.05) is 39.0 Å². The Balaban J connectivity index is 2.59. The van der Waals surface area contributed by atoms with Gasteiger partial charge in [-0.3, -0.25) is 0 Å². The number of benzene rings is 1. The maximum Gasteiger partial charge on any atom is 0.209 e. The average molecular weight is 320 g/mol. The zero-order valence-corrected chi connectivity index (χ0v) is 13.7. The lowest BCUT2D eigenvalue weighted by Gasteiger charge is -2.29. The lowest BCUT2D eigenvalue weighted by Crippen LogP contribution is -2.34. The van der Waals surface area contributed by atoms with Gasteiger partial charge in [0.1, 0.15) is 0 Å². The van der Waals surface area contributed by atoms with Crippen LogP contribution in [0.2, 0.25) is 5.02 Å². The average Bonchev–Trinajstić information content (AvgIpc) is 2.25. The summed E-state index contributed by atoms with van der Waals surface area (Å²) in [4.78, 5) is 0. The topological polar surface area (TPSA) is 69.4 Å². The molecule has 2 N–H and O–H groups in total. The van der Waals surface area contributed by atoms with Crippen molar-refractivity contribution in [2.75, 3.05) is 12.4 Å². The van der Waals surface area contributed by atoms with Gasteiger partial charge < -0.3 is 4.74 Å². The first-order valence-electron chi connectivity index (χ1n) is 6.40. The first kappa shape index (κ1) is 17.4. The summed E-state index contributed by atoms with van der Waals surface area (Å²) >= 11 is 5.89. The molecule has 0 fully saturated rings. The van der Waals surface area contributed by atoms with E-state index < -0.39 is 10.0 Å². The maximum absolute atomic E-state index is 11.3. The predicted molar refractivity (Wildman–Crippen MR) is 82.0 cm³/mol. The first-order chi connectivity index (χ1) is 9.08. The molecule has 20 heavy (non-hydrogen) atoms. The quantitative estimate of drug-likeness (QED) is 0.876. The molecule has 1 aromatic rings. The fourth-order valence-corrected chi connectivity index (χ4v) is 3.14. The number of hydrogen-bond acceptors (Lipinski definition) is 3. The monoisotopic (exact) mass is 319 g/mol. The van der Waals surface area contributed by atoms with Crippen LogP contribution in [0, 0.1) is 11.3 Å². The summed E-state index contributed by atoms with van der Waals surface area (Å²) in [7, 11) is -3.51. The highest BCUT2D eigenvalue weighted by Crippen LogP contribution is 2.27. The Morgan fingerprint density at radius 3 is 2.50 bits per heavy atom. The van der Waals surface area contributed by atoms with Crippen LogP contribution in [-0.4, -0.2) is 20.8 Å². The molecule has 0 aromatic heterocycles. The Morgan fingerprint density at radius 2 is 2.00 bits per heavy atom. The molecule has 1 aromatic carbocycles. The molecule has 0 aliphatic rings. The van der Waals surface area contributed by atoms with Gasteiger partial charge in [-0.25, -0.2) is 13.6 Å². The molecule has 0 aliphatic carbocycles. The van der Waals surface area contributed by atoms with E-state index in [4.69, 9.17) is 21.5 Å². The van der Waals surface area contributed by atoms with Crippen LogP contribution < -0.4 is 5.14 Å². The number of ether oxygens (including phenoxy) is 1. The predicted octanol–water partition coefficient (Wildman–Crippen LogP) is 2.81. The van der Waals surface area contributed by atoms with Crippen LogP contribution in [0.3, 0.4) is 0 Å². The second kappa shape index (κ2) is 6.89. The van der Waals surface area contributed by atoms with Gasteiger partial charge in [-0.2, -0.15) is 0 Å². The Kier molecular flexibility index (Phi) is 6.01. The SMILES string of the molecule is CC(C)(C)C(COCc1cccc(Cl)c1)CS(N)(=O)=O. The molecule has 1 atom stereocenters.